The highest BCUT2D eigenvalue weighted by Gasteiger charge is 2.42. The van der Waals surface area contributed by atoms with Crippen molar-refractivity contribution in [2.45, 2.75) is 31.3 Å². The van der Waals surface area contributed by atoms with Crippen LogP contribution in [-0.2, 0) is 9.59 Å². The number of nitrogens with zero attached hydrogens (tertiary/aromatic N) is 1. The minimum atomic E-state index is -0.288. The van der Waals surface area contributed by atoms with Gasteiger partial charge >= 0.3 is 0 Å². The van der Waals surface area contributed by atoms with E-state index < -0.39 is 0 Å². The van der Waals surface area contributed by atoms with Crippen LogP contribution in [0.5, 0.6) is 0 Å². The molecule has 0 aliphatic carbocycles. The second-order valence-electron chi connectivity index (χ2n) is 5.87. The third-order valence-electron chi connectivity index (χ3n) is 4.54. The van der Waals surface area contributed by atoms with Crippen LogP contribution in [0.15, 0.2) is 30.3 Å². The Hall–Kier alpha value is -1.88. The number of amides is 2. The van der Waals surface area contributed by atoms with E-state index in [1.807, 2.05) is 35.2 Å². The number of piperidine rings is 1. The van der Waals surface area contributed by atoms with Crippen molar-refractivity contribution in [1.82, 2.24) is 10.2 Å². The van der Waals surface area contributed by atoms with Crippen molar-refractivity contribution in [3.63, 3.8) is 0 Å². The van der Waals surface area contributed by atoms with Crippen molar-refractivity contribution in [2.75, 3.05) is 13.1 Å². The van der Waals surface area contributed by atoms with E-state index in [4.69, 9.17) is 5.73 Å². The molecule has 2 fully saturated rings. The van der Waals surface area contributed by atoms with Crippen LogP contribution < -0.4 is 11.1 Å². The maximum absolute atomic E-state index is 12.5. The highest BCUT2D eigenvalue weighted by Crippen LogP contribution is 2.28. The van der Waals surface area contributed by atoms with E-state index in [1.165, 1.54) is 0 Å². The van der Waals surface area contributed by atoms with Crippen molar-refractivity contribution in [3.8, 4) is 0 Å². The van der Waals surface area contributed by atoms with Crippen LogP contribution in [0.1, 0.15) is 30.9 Å². The lowest BCUT2D eigenvalue weighted by Gasteiger charge is -2.36. The molecule has 5 nitrogen and oxygen atoms in total. The van der Waals surface area contributed by atoms with Gasteiger partial charge in [0.05, 0.1) is 12.0 Å². The van der Waals surface area contributed by atoms with Gasteiger partial charge in [-0.3, -0.25) is 9.59 Å². The molecule has 2 heterocycles. The number of carbonyl (C=O) groups is 2. The molecular weight excluding hydrogens is 266 g/mol. The van der Waals surface area contributed by atoms with Crippen molar-refractivity contribution in [3.05, 3.63) is 35.9 Å². The number of hydrogen-bond donors (Lipinski definition) is 2. The Morgan fingerprint density at radius 2 is 2.14 bits per heavy atom. The van der Waals surface area contributed by atoms with E-state index in [9.17, 15) is 9.59 Å². The maximum atomic E-state index is 12.5. The summed E-state index contributed by atoms with van der Waals surface area (Å²) in [5.41, 5.74) is 7.11. The fraction of sp³-hybridized carbons (Fsp3) is 0.500. The molecule has 0 spiro atoms. The molecule has 3 N–H and O–H groups in total. The minimum absolute atomic E-state index is 0.0155. The first-order valence-corrected chi connectivity index (χ1v) is 7.54. The summed E-state index contributed by atoms with van der Waals surface area (Å²) in [7, 11) is 0. The normalized spacial score (nSPS) is 26.1. The third-order valence-corrected chi connectivity index (χ3v) is 4.54. The molecular formula is C16H21N3O2. The van der Waals surface area contributed by atoms with Gasteiger partial charge in [-0.15, -0.1) is 0 Å². The van der Waals surface area contributed by atoms with Gasteiger partial charge in [0.1, 0.15) is 0 Å². The molecule has 0 radical (unpaired) electrons. The number of fused-ring (bicyclic) bond motifs is 1. The first-order chi connectivity index (χ1) is 10.2. The average molecular weight is 287 g/mol. The molecule has 3 unspecified atom stereocenters. The van der Waals surface area contributed by atoms with Crippen LogP contribution in [0, 0.1) is 5.92 Å². The number of carbonyl (C=O) groups excluding carboxylic acids is 2. The SMILES string of the molecule is NC(CC(=O)N1CCCC2C(=O)NCC21)c1ccccc1. The van der Waals surface area contributed by atoms with Crippen LogP contribution in [0.25, 0.3) is 0 Å². The summed E-state index contributed by atoms with van der Waals surface area (Å²) in [6.07, 6.45) is 2.06. The van der Waals surface area contributed by atoms with E-state index in [0.717, 1.165) is 24.9 Å². The molecule has 0 bridgehead atoms. The maximum Gasteiger partial charge on any atom is 0.225 e. The van der Waals surface area contributed by atoms with Crippen LogP contribution in [-0.4, -0.2) is 35.8 Å². The van der Waals surface area contributed by atoms with E-state index >= 15 is 0 Å². The Bertz CT molecular complexity index is 532. The van der Waals surface area contributed by atoms with Crippen molar-refractivity contribution >= 4 is 11.8 Å². The standard InChI is InChI=1S/C16H21N3O2/c17-13(11-5-2-1-3-6-11)9-15(20)19-8-4-7-12-14(19)10-18-16(12)21/h1-3,5-6,12-14H,4,7-10,17H2,(H,18,21). The zero-order valence-corrected chi connectivity index (χ0v) is 12.0. The molecule has 2 saturated heterocycles. The highest BCUT2D eigenvalue weighted by atomic mass is 16.2. The van der Waals surface area contributed by atoms with Gasteiger partial charge in [-0.05, 0) is 18.4 Å². The number of rotatable bonds is 3. The molecule has 0 saturated carbocycles. The molecule has 112 valence electrons. The van der Waals surface area contributed by atoms with Gasteiger partial charge in [0, 0.05) is 25.6 Å². The molecule has 1 aromatic carbocycles. The molecule has 2 aliphatic rings. The fourth-order valence-electron chi connectivity index (χ4n) is 3.38. The molecule has 0 aromatic heterocycles. The predicted molar refractivity (Wildman–Crippen MR) is 79.2 cm³/mol. The Balaban J connectivity index is 1.66. The van der Waals surface area contributed by atoms with Crippen molar-refractivity contribution in [1.29, 1.82) is 0 Å². The van der Waals surface area contributed by atoms with Gasteiger partial charge in [-0.1, -0.05) is 30.3 Å². The second kappa shape index (κ2) is 5.85. The lowest BCUT2D eigenvalue weighted by molar-refractivity contribution is -0.137. The summed E-state index contributed by atoms with van der Waals surface area (Å²) in [4.78, 5) is 26.1. The molecule has 1 aromatic rings. The van der Waals surface area contributed by atoms with Crippen LogP contribution in [0.4, 0.5) is 0 Å². The monoisotopic (exact) mass is 287 g/mol. The second-order valence-corrected chi connectivity index (χ2v) is 5.87. The smallest absolute Gasteiger partial charge is 0.225 e. The summed E-state index contributed by atoms with van der Waals surface area (Å²) < 4.78 is 0. The van der Waals surface area contributed by atoms with Gasteiger partial charge < -0.3 is 16.0 Å². The fourth-order valence-corrected chi connectivity index (χ4v) is 3.38. The molecule has 5 heteroatoms. The molecule has 21 heavy (non-hydrogen) atoms. The molecule has 2 amide bonds. The Morgan fingerprint density at radius 1 is 1.38 bits per heavy atom. The van der Waals surface area contributed by atoms with Crippen molar-refractivity contribution in [2.24, 2.45) is 11.7 Å². The summed E-state index contributed by atoms with van der Waals surface area (Å²) in [6, 6.07) is 9.40. The molecule has 2 aliphatic heterocycles. The molecule has 3 rings (SSSR count). The van der Waals surface area contributed by atoms with Gasteiger partial charge in [-0.25, -0.2) is 0 Å². The van der Waals surface area contributed by atoms with Crippen LogP contribution >= 0.6 is 0 Å². The Kier molecular flexibility index (Phi) is 3.92. The van der Waals surface area contributed by atoms with Crippen LogP contribution in [0.3, 0.4) is 0 Å². The highest BCUT2D eigenvalue weighted by molar-refractivity contribution is 5.84. The first-order valence-electron chi connectivity index (χ1n) is 7.54. The summed E-state index contributed by atoms with van der Waals surface area (Å²) in [5.74, 6) is 0.109. The quantitative estimate of drug-likeness (QED) is 0.864. The zero-order chi connectivity index (χ0) is 14.8. The van der Waals surface area contributed by atoms with E-state index in [0.29, 0.717) is 13.0 Å². The predicted octanol–water partition coefficient (Wildman–Crippen LogP) is 0.814. The van der Waals surface area contributed by atoms with Gasteiger partial charge in [0.15, 0.2) is 0 Å². The van der Waals surface area contributed by atoms with Crippen molar-refractivity contribution < 1.29 is 9.59 Å². The number of likely N-dealkylation sites (tertiary alicyclic amines) is 1. The topological polar surface area (TPSA) is 75.4 Å². The summed E-state index contributed by atoms with van der Waals surface area (Å²) >= 11 is 0. The molecule has 3 atom stereocenters. The van der Waals surface area contributed by atoms with E-state index in [2.05, 4.69) is 5.32 Å². The Morgan fingerprint density at radius 3 is 2.90 bits per heavy atom. The first kappa shape index (κ1) is 14.1. The van der Waals surface area contributed by atoms with Gasteiger partial charge in [0.2, 0.25) is 11.8 Å². The average Bonchev–Trinajstić information content (AvgIpc) is 2.89. The lowest BCUT2D eigenvalue weighted by Crippen LogP contribution is -2.49. The number of nitrogens with one attached hydrogen (secondary N) is 1. The number of hydrogen-bond acceptors (Lipinski definition) is 3. The van der Waals surface area contributed by atoms with Gasteiger partial charge in [-0.2, -0.15) is 0 Å². The minimum Gasteiger partial charge on any atom is -0.354 e. The number of nitrogens with two attached hydrogens (primary N) is 1. The lowest BCUT2D eigenvalue weighted by atomic mass is 9.91. The third kappa shape index (κ3) is 2.78. The van der Waals surface area contributed by atoms with E-state index in [-0.39, 0.29) is 29.8 Å². The summed E-state index contributed by atoms with van der Waals surface area (Å²) in [6.45, 7) is 1.31. The van der Waals surface area contributed by atoms with E-state index in [1.54, 1.807) is 0 Å². The Labute approximate surface area is 124 Å². The zero-order valence-electron chi connectivity index (χ0n) is 12.0. The largest absolute Gasteiger partial charge is 0.354 e. The summed E-state index contributed by atoms with van der Waals surface area (Å²) in [5, 5.41) is 2.87. The van der Waals surface area contributed by atoms with Crippen LogP contribution in [0.2, 0.25) is 0 Å². The number of benzene rings is 1. The van der Waals surface area contributed by atoms with Gasteiger partial charge in [0.25, 0.3) is 0 Å².